The van der Waals surface area contributed by atoms with Gasteiger partial charge in [-0.05, 0) is 25.0 Å². The highest BCUT2D eigenvalue weighted by molar-refractivity contribution is 6.00. The maximum absolute atomic E-state index is 12.4. The first-order valence-electron chi connectivity index (χ1n) is 9.18. The molecule has 2 aromatic carbocycles. The number of H-pyrrole nitrogens is 1. The molecular formula is C20H20N6O3. The molecule has 3 aromatic rings. The number of nitro groups is 1. The summed E-state index contributed by atoms with van der Waals surface area (Å²) >= 11 is 0. The second kappa shape index (κ2) is 7.82. The van der Waals surface area contributed by atoms with Crippen LogP contribution in [0.1, 0.15) is 29.3 Å². The molecule has 4 rings (SSSR count). The van der Waals surface area contributed by atoms with E-state index in [0.717, 1.165) is 27.7 Å². The SMILES string of the molecule is Cc1[nH]c2ccccc2c1/C=N/NC(=O)C1CC(c2cccc([N+](=O)[O-])c2)NN1. The number of hydrazone groups is 1. The van der Waals surface area contributed by atoms with Crippen LogP contribution in [-0.4, -0.2) is 28.1 Å². The van der Waals surface area contributed by atoms with Gasteiger partial charge in [0.05, 0.1) is 11.1 Å². The standard InChI is InChI=1S/C20H20N6O3/c1-12-16(15-7-2-3-8-17(15)22-12)11-21-25-20(27)19-10-18(23-24-19)13-5-4-6-14(9-13)26(28)29/h2-9,11,18-19,22-24H,10H2,1H3,(H,25,27)/b21-11+. The smallest absolute Gasteiger partial charge is 0.269 e. The number of carbonyl (C=O) groups is 1. The van der Waals surface area contributed by atoms with Gasteiger partial charge in [-0.2, -0.15) is 5.10 Å². The molecule has 2 atom stereocenters. The predicted molar refractivity (Wildman–Crippen MR) is 109 cm³/mol. The summed E-state index contributed by atoms with van der Waals surface area (Å²) in [6, 6.07) is 13.6. The van der Waals surface area contributed by atoms with Crippen molar-refractivity contribution >= 4 is 28.7 Å². The number of hydrogen-bond acceptors (Lipinski definition) is 6. The van der Waals surface area contributed by atoms with Crippen LogP contribution in [0.25, 0.3) is 10.9 Å². The van der Waals surface area contributed by atoms with Crippen LogP contribution in [0.15, 0.2) is 53.6 Å². The number of non-ortho nitro benzene ring substituents is 1. The van der Waals surface area contributed by atoms with Gasteiger partial charge >= 0.3 is 0 Å². The fourth-order valence-electron chi connectivity index (χ4n) is 3.50. The van der Waals surface area contributed by atoms with Gasteiger partial charge in [-0.1, -0.05) is 30.3 Å². The van der Waals surface area contributed by atoms with Gasteiger partial charge in [-0.15, -0.1) is 0 Å². The number of nitro benzene ring substituents is 1. The molecule has 9 nitrogen and oxygen atoms in total. The third-order valence-electron chi connectivity index (χ3n) is 5.01. The number of rotatable bonds is 5. The summed E-state index contributed by atoms with van der Waals surface area (Å²) in [7, 11) is 0. The van der Waals surface area contributed by atoms with Gasteiger partial charge in [-0.3, -0.25) is 14.9 Å². The summed E-state index contributed by atoms with van der Waals surface area (Å²) in [5.41, 5.74) is 12.2. The first-order valence-corrected chi connectivity index (χ1v) is 9.18. The van der Waals surface area contributed by atoms with Gasteiger partial charge in [0.2, 0.25) is 0 Å². The first kappa shape index (κ1) is 18.8. The fourth-order valence-corrected chi connectivity index (χ4v) is 3.50. The van der Waals surface area contributed by atoms with Crippen LogP contribution in [0.3, 0.4) is 0 Å². The van der Waals surface area contributed by atoms with E-state index in [1.165, 1.54) is 12.1 Å². The number of para-hydroxylation sites is 1. The minimum Gasteiger partial charge on any atom is -0.358 e. The molecule has 0 bridgehead atoms. The summed E-state index contributed by atoms with van der Waals surface area (Å²) < 4.78 is 0. The molecule has 0 saturated carbocycles. The molecule has 29 heavy (non-hydrogen) atoms. The largest absolute Gasteiger partial charge is 0.358 e. The molecule has 0 spiro atoms. The molecule has 9 heteroatoms. The van der Waals surface area contributed by atoms with Gasteiger partial charge < -0.3 is 4.98 Å². The maximum atomic E-state index is 12.4. The Kier molecular flexibility index (Phi) is 5.07. The number of nitrogens with zero attached hydrogens (tertiary/aromatic N) is 2. The van der Waals surface area contributed by atoms with Crippen LogP contribution in [0.5, 0.6) is 0 Å². The van der Waals surface area contributed by atoms with Crippen LogP contribution in [-0.2, 0) is 4.79 Å². The van der Waals surface area contributed by atoms with Crippen molar-refractivity contribution in [3.05, 3.63) is 75.5 Å². The quantitative estimate of drug-likeness (QED) is 0.302. The number of aryl methyl sites for hydroxylation is 1. The second-order valence-corrected chi connectivity index (χ2v) is 6.93. The Morgan fingerprint density at radius 3 is 2.90 bits per heavy atom. The van der Waals surface area contributed by atoms with Gasteiger partial charge in [0, 0.05) is 40.3 Å². The zero-order valence-electron chi connectivity index (χ0n) is 15.7. The van der Waals surface area contributed by atoms with Crippen molar-refractivity contribution in [1.29, 1.82) is 0 Å². The monoisotopic (exact) mass is 392 g/mol. The topological polar surface area (TPSA) is 124 Å². The number of hydrazine groups is 1. The Morgan fingerprint density at radius 2 is 2.07 bits per heavy atom. The Hall–Kier alpha value is -3.56. The Bertz CT molecular complexity index is 1110. The Labute approximate surface area is 166 Å². The number of fused-ring (bicyclic) bond motifs is 1. The highest BCUT2D eigenvalue weighted by Gasteiger charge is 2.30. The lowest BCUT2D eigenvalue weighted by molar-refractivity contribution is -0.384. The molecule has 1 amide bonds. The molecule has 1 aliphatic heterocycles. The van der Waals surface area contributed by atoms with Crippen molar-refractivity contribution in [3.8, 4) is 0 Å². The summed E-state index contributed by atoms with van der Waals surface area (Å²) in [5.74, 6) is -0.279. The molecule has 2 unspecified atom stereocenters. The van der Waals surface area contributed by atoms with E-state index in [4.69, 9.17) is 0 Å². The lowest BCUT2D eigenvalue weighted by atomic mass is 10.0. The van der Waals surface area contributed by atoms with Crippen LogP contribution >= 0.6 is 0 Å². The zero-order chi connectivity index (χ0) is 20.4. The lowest BCUT2D eigenvalue weighted by Gasteiger charge is -2.09. The summed E-state index contributed by atoms with van der Waals surface area (Å²) in [6.45, 7) is 1.95. The van der Waals surface area contributed by atoms with Crippen LogP contribution in [0, 0.1) is 17.0 Å². The summed E-state index contributed by atoms with van der Waals surface area (Å²) in [6.07, 6.45) is 2.08. The van der Waals surface area contributed by atoms with E-state index in [-0.39, 0.29) is 17.6 Å². The number of hydrogen-bond donors (Lipinski definition) is 4. The van der Waals surface area contributed by atoms with Gasteiger partial charge in [0.25, 0.3) is 11.6 Å². The third kappa shape index (κ3) is 3.86. The number of benzene rings is 2. The number of aromatic nitrogens is 1. The lowest BCUT2D eigenvalue weighted by Crippen LogP contribution is -2.41. The summed E-state index contributed by atoms with van der Waals surface area (Å²) in [4.78, 5) is 26.2. The molecule has 1 fully saturated rings. The molecule has 1 aliphatic rings. The van der Waals surface area contributed by atoms with Crippen LogP contribution < -0.4 is 16.3 Å². The molecular weight excluding hydrogens is 372 g/mol. The Morgan fingerprint density at radius 1 is 1.24 bits per heavy atom. The molecule has 2 heterocycles. The minimum atomic E-state index is -0.500. The maximum Gasteiger partial charge on any atom is 0.269 e. The fraction of sp³-hybridized carbons (Fsp3) is 0.200. The molecule has 1 aromatic heterocycles. The molecule has 4 N–H and O–H groups in total. The average molecular weight is 392 g/mol. The molecule has 1 saturated heterocycles. The van der Waals surface area contributed by atoms with E-state index in [1.807, 2.05) is 31.2 Å². The van der Waals surface area contributed by atoms with Crippen LogP contribution in [0.4, 0.5) is 5.69 Å². The molecule has 0 radical (unpaired) electrons. The van der Waals surface area contributed by atoms with Crippen molar-refractivity contribution in [1.82, 2.24) is 21.3 Å². The Balaban J connectivity index is 1.39. The van der Waals surface area contributed by atoms with Crippen molar-refractivity contribution in [3.63, 3.8) is 0 Å². The first-order chi connectivity index (χ1) is 14.0. The van der Waals surface area contributed by atoms with E-state index >= 15 is 0 Å². The number of nitrogens with one attached hydrogen (secondary N) is 4. The van der Waals surface area contributed by atoms with E-state index in [2.05, 4.69) is 26.4 Å². The van der Waals surface area contributed by atoms with Crippen molar-refractivity contribution in [2.75, 3.05) is 0 Å². The van der Waals surface area contributed by atoms with E-state index in [9.17, 15) is 14.9 Å². The number of aromatic amines is 1. The highest BCUT2D eigenvalue weighted by Crippen LogP contribution is 2.25. The van der Waals surface area contributed by atoms with Crippen molar-refractivity contribution in [2.45, 2.75) is 25.4 Å². The van der Waals surface area contributed by atoms with Crippen molar-refractivity contribution in [2.24, 2.45) is 5.10 Å². The van der Waals surface area contributed by atoms with Crippen LogP contribution in [0.2, 0.25) is 0 Å². The molecule has 0 aliphatic carbocycles. The normalized spacial score (nSPS) is 19.1. The van der Waals surface area contributed by atoms with E-state index in [0.29, 0.717) is 6.42 Å². The highest BCUT2D eigenvalue weighted by atomic mass is 16.6. The zero-order valence-corrected chi connectivity index (χ0v) is 15.7. The third-order valence-corrected chi connectivity index (χ3v) is 5.01. The van der Waals surface area contributed by atoms with E-state index < -0.39 is 11.0 Å². The van der Waals surface area contributed by atoms with Gasteiger partial charge in [-0.25, -0.2) is 16.3 Å². The molecule has 148 valence electrons. The van der Waals surface area contributed by atoms with E-state index in [1.54, 1.807) is 18.3 Å². The predicted octanol–water partition coefficient (Wildman–Crippen LogP) is 2.44. The van der Waals surface area contributed by atoms with Gasteiger partial charge in [0.1, 0.15) is 6.04 Å². The summed E-state index contributed by atoms with van der Waals surface area (Å²) in [5, 5.41) is 16.1. The minimum absolute atomic E-state index is 0.0240. The van der Waals surface area contributed by atoms with Crippen molar-refractivity contribution < 1.29 is 9.72 Å². The number of amides is 1. The second-order valence-electron chi connectivity index (χ2n) is 6.93. The van der Waals surface area contributed by atoms with Gasteiger partial charge in [0.15, 0.2) is 0 Å². The average Bonchev–Trinajstić information content (AvgIpc) is 3.33. The number of carbonyl (C=O) groups excluding carboxylic acids is 1.